The molecule has 1 unspecified atom stereocenters. The predicted molar refractivity (Wildman–Crippen MR) is 56.1 cm³/mol. The molecule has 1 saturated heterocycles. The molecule has 0 spiro atoms. The van der Waals surface area contributed by atoms with Gasteiger partial charge in [0.2, 0.25) is 0 Å². The summed E-state index contributed by atoms with van der Waals surface area (Å²) in [6.45, 7) is 3.29. The Balaban J connectivity index is 2.00. The van der Waals surface area contributed by atoms with Crippen LogP contribution in [0.5, 0.6) is 0 Å². The number of nitrogens with zero attached hydrogens (tertiary/aromatic N) is 2. The van der Waals surface area contributed by atoms with Gasteiger partial charge in [-0.3, -0.25) is 0 Å². The average Bonchev–Trinajstić information content (AvgIpc) is 2.71. The lowest BCUT2D eigenvalue weighted by molar-refractivity contribution is 0.593. The minimum atomic E-state index is 0.634. The zero-order valence-electron chi connectivity index (χ0n) is 8.66. The average molecular weight is 191 g/mol. The second-order valence-electron chi connectivity index (χ2n) is 3.85. The Morgan fingerprint density at radius 3 is 3.00 bits per heavy atom. The van der Waals surface area contributed by atoms with Crippen LogP contribution in [-0.4, -0.2) is 22.6 Å². The lowest BCUT2D eigenvalue weighted by atomic mass is 10.1. The third-order valence-corrected chi connectivity index (χ3v) is 2.76. The molecular formula is C11H17N3. The van der Waals surface area contributed by atoms with Crippen molar-refractivity contribution in [2.45, 2.75) is 38.6 Å². The van der Waals surface area contributed by atoms with Gasteiger partial charge in [-0.1, -0.05) is 6.92 Å². The van der Waals surface area contributed by atoms with Crippen LogP contribution in [0.25, 0.3) is 0 Å². The van der Waals surface area contributed by atoms with E-state index in [-0.39, 0.29) is 0 Å². The Labute approximate surface area is 85.0 Å². The van der Waals surface area contributed by atoms with E-state index in [9.17, 15) is 0 Å². The van der Waals surface area contributed by atoms with Gasteiger partial charge in [0.15, 0.2) is 0 Å². The zero-order valence-corrected chi connectivity index (χ0v) is 8.66. The fourth-order valence-electron chi connectivity index (χ4n) is 1.93. The summed E-state index contributed by atoms with van der Waals surface area (Å²) in [7, 11) is 0. The van der Waals surface area contributed by atoms with Crippen LogP contribution in [0, 0.1) is 0 Å². The van der Waals surface area contributed by atoms with Crippen molar-refractivity contribution in [3.63, 3.8) is 0 Å². The SMILES string of the molecule is CCc1cc(CC2CCCN2)ncn1. The number of hydrogen-bond donors (Lipinski definition) is 1. The molecule has 1 aliphatic heterocycles. The van der Waals surface area contributed by atoms with Gasteiger partial charge < -0.3 is 5.32 Å². The molecule has 0 aliphatic carbocycles. The van der Waals surface area contributed by atoms with E-state index in [1.165, 1.54) is 18.5 Å². The molecule has 2 rings (SSSR count). The first-order chi connectivity index (χ1) is 6.88. The summed E-state index contributed by atoms with van der Waals surface area (Å²) >= 11 is 0. The third-order valence-electron chi connectivity index (χ3n) is 2.76. The van der Waals surface area contributed by atoms with E-state index in [0.29, 0.717) is 6.04 Å². The van der Waals surface area contributed by atoms with Crippen molar-refractivity contribution in [2.24, 2.45) is 0 Å². The van der Waals surface area contributed by atoms with Crippen LogP contribution >= 0.6 is 0 Å². The van der Waals surface area contributed by atoms with Crippen LogP contribution in [0.4, 0.5) is 0 Å². The largest absolute Gasteiger partial charge is 0.314 e. The van der Waals surface area contributed by atoms with Gasteiger partial charge in [-0.25, -0.2) is 9.97 Å². The summed E-state index contributed by atoms with van der Waals surface area (Å²) in [4.78, 5) is 8.50. The van der Waals surface area contributed by atoms with E-state index in [1.54, 1.807) is 6.33 Å². The Morgan fingerprint density at radius 2 is 2.29 bits per heavy atom. The maximum absolute atomic E-state index is 4.30. The molecule has 1 aromatic rings. The highest BCUT2D eigenvalue weighted by molar-refractivity contribution is 5.09. The minimum absolute atomic E-state index is 0.634. The van der Waals surface area contributed by atoms with Crippen molar-refractivity contribution in [1.82, 2.24) is 15.3 Å². The van der Waals surface area contributed by atoms with Gasteiger partial charge in [0.25, 0.3) is 0 Å². The smallest absolute Gasteiger partial charge is 0.115 e. The third kappa shape index (κ3) is 2.29. The molecule has 1 fully saturated rings. The quantitative estimate of drug-likeness (QED) is 0.783. The number of aromatic nitrogens is 2. The van der Waals surface area contributed by atoms with Gasteiger partial charge in [-0.05, 0) is 31.9 Å². The first kappa shape index (κ1) is 9.59. The van der Waals surface area contributed by atoms with Crippen LogP contribution in [0.3, 0.4) is 0 Å². The molecule has 3 heteroatoms. The first-order valence-corrected chi connectivity index (χ1v) is 5.41. The normalized spacial score (nSPS) is 21.4. The Hall–Kier alpha value is -0.960. The lowest BCUT2D eigenvalue weighted by Gasteiger charge is -2.09. The van der Waals surface area contributed by atoms with Gasteiger partial charge >= 0.3 is 0 Å². The zero-order chi connectivity index (χ0) is 9.80. The lowest BCUT2D eigenvalue weighted by Crippen LogP contribution is -2.24. The van der Waals surface area contributed by atoms with E-state index >= 15 is 0 Å². The molecule has 0 bridgehead atoms. The maximum Gasteiger partial charge on any atom is 0.115 e. The molecule has 0 amide bonds. The molecule has 0 aromatic carbocycles. The van der Waals surface area contributed by atoms with Crippen LogP contribution in [-0.2, 0) is 12.8 Å². The van der Waals surface area contributed by atoms with Crippen molar-refractivity contribution < 1.29 is 0 Å². The van der Waals surface area contributed by atoms with Gasteiger partial charge in [0.05, 0.1) is 0 Å². The highest BCUT2D eigenvalue weighted by Crippen LogP contribution is 2.10. The van der Waals surface area contributed by atoms with E-state index in [4.69, 9.17) is 0 Å². The van der Waals surface area contributed by atoms with Gasteiger partial charge in [0, 0.05) is 23.9 Å². The summed E-state index contributed by atoms with van der Waals surface area (Å²) in [6.07, 6.45) is 6.31. The number of aryl methyl sites for hydroxylation is 1. The molecule has 1 N–H and O–H groups in total. The second kappa shape index (κ2) is 4.51. The van der Waals surface area contributed by atoms with Crippen LogP contribution in [0.15, 0.2) is 12.4 Å². The molecule has 0 saturated carbocycles. The molecule has 0 radical (unpaired) electrons. The van der Waals surface area contributed by atoms with E-state index in [0.717, 1.165) is 25.1 Å². The molecule has 3 nitrogen and oxygen atoms in total. The minimum Gasteiger partial charge on any atom is -0.314 e. The predicted octanol–water partition coefficient (Wildman–Crippen LogP) is 1.33. The monoisotopic (exact) mass is 191 g/mol. The van der Waals surface area contributed by atoms with E-state index in [1.807, 2.05) is 0 Å². The molecule has 14 heavy (non-hydrogen) atoms. The fraction of sp³-hybridized carbons (Fsp3) is 0.636. The number of hydrogen-bond acceptors (Lipinski definition) is 3. The van der Waals surface area contributed by atoms with E-state index in [2.05, 4.69) is 28.3 Å². The molecule has 1 aromatic heterocycles. The van der Waals surface area contributed by atoms with Crippen molar-refractivity contribution in [3.8, 4) is 0 Å². The van der Waals surface area contributed by atoms with Gasteiger partial charge in [-0.15, -0.1) is 0 Å². The van der Waals surface area contributed by atoms with Gasteiger partial charge in [0.1, 0.15) is 6.33 Å². The molecule has 1 atom stereocenters. The number of nitrogens with one attached hydrogen (secondary N) is 1. The van der Waals surface area contributed by atoms with Crippen LogP contribution < -0.4 is 5.32 Å². The fourth-order valence-corrected chi connectivity index (χ4v) is 1.93. The molecular weight excluding hydrogens is 174 g/mol. The van der Waals surface area contributed by atoms with Crippen molar-refractivity contribution in [1.29, 1.82) is 0 Å². The first-order valence-electron chi connectivity index (χ1n) is 5.41. The second-order valence-corrected chi connectivity index (χ2v) is 3.85. The van der Waals surface area contributed by atoms with Crippen molar-refractivity contribution in [2.75, 3.05) is 6.54 Å². The summed E-state index contributed by atoms with van der Waals surface area (Å²) in [5.41, 5.74) is 2.32. The van der Waals surface area contributed by atoms with Crippen molar-refractivity contribution >= 4 is 0 Å². The summed E-state index contributed by atoms with van der Waals surface area (Å²) in [5.74, 6) is 0. The van der Waals surface area contributed by atoms with Crippen molar-refractivity contribution in [3.05, 3.63) is 23.8 Å². The van der Waals surface area contributed by atoms with Crippen LogP contribution in [0.1, 0.15) is 31.2 Å². The number of rotatable bonds is 3. The molecule has 2 heterocycles. The Kier molecular flexibility index (Phi) is 3.09. The Bertz CT molecular complexity index is 292. The van der Waals surface area contributed by atoms with E-state index < -0.39 is 0 Å². The highest BCUT2D eigenvalue weighted by atomic mass is 14.9. The summed E-state index contributed by atoms with van der Waals surface area (Å²) in [5, 5.41) is 3.48. The van der Waals surface area contributed by atoms with Crippen LogP contribution in [0.2, 0.25) is 0 Å². The molecule has 76 valence electrons. The van der Waals surface area contributed by atoms with Gasteiger partial charge in [-0.2, -0.15) is 0 Å². The Morgan fingerprint density at radius 1 is 1.43 bits per heavy atom. The summed E-state index contributed by atoms with van der Waals surface area (Å²) < 4.78 is 0. The molecule has 1 aliphatic rings. The summed E-state index contributed by atoms with van der Waals surface area (Å²) in [6, 6.07) is 2.76. The highest BCUT2D eigenvalue weighted by Gasteiger charge is 2.14. The standard InChI is InChI=1S/C11H17N3/c1-2-9-6-11(14-8-13-9)7-10-4-3-5-12-10/h6,8,10,12H,2-5,7H2,1H3. The topological polar surface area (TPSA) is 37.8 Å². The maximum atomic E-state index is 4.30.